The molecular formula is C22H16ClNO4. The number of para-hydroxylation sites is 1. The van der Waals surface area contributed by atoms with Crippen LogP contribution in [-0.2, 0) is 6.54 Å². The lowest BCUT2D eigenvalue weighted by Crippen LogP contribution is -2.26. The van der Waals surface area contributed by atoms with Crippen molar-refractivity contribution in [3.05, 3.63) is 93.5 Å². The Morgan fingerprint density at radius 1 is 1.00 bits per heavy atom. The third-order valence-electron chi connectivity index (χ3n) is 4.38. The van der Waals surface area contributed by atoms with E-state index < -0.39 is 5.91 Å². The number of benzene rings is 2. The monoisotopic (exact) mass is 393 g/mol. The zero-order chi connectivity index (χ0) is 19.7. The highest BCUT2D eigenvalue weighted by Gasteiger charge is 2.18. The summed E-state index contributed by atoms with van der Waals surface area (Å²) in [5.41, 5.74) is 1.03. The van der Waals surface area contributed by atoms with Crippen LogP contribution in [0, 0.1) is 0 Å². The average molecular weight is 394 g/mol. The van der Waals surface area contributed by atoms with Gasteiger partial charge in [0, 0.05) is 23.7 Å². The van der Waals surface area contributed by atoms with E-state index in [9.17, 15) is 9.59 Å². The Bertz CT molecular complexity index is 1210. The largest absolute Gasteiger partial charge is 0.459 e. The van der Waals surface area contributed by atoms with Crippen molar-refractivity contribution in [2.45, 2.75) is 6.54 Å². The quantitative estimate of drug-likeness (QED) is 0.490. The molecule has 2 aromatic carbocycles. The van der Waals surface area contributed by atoms with Crippen molar-refractivity contribution in [1.29, 1.82) is 0 Å². The predicted octanol–water partition coefficient (Wildman–Crippen LogP) is 4.98. The number of carbonyl (C=O) groups is 1. The van der Waals surface area contributed by atoms with Gasteiger partial charge in [-0.2, -0.15) is 0 Å². The van der Waals surface area contributed by atoms with Crippen molar-refractivity contribution >= 4 is 28.5 Å². The van der Waals surface area contributed by atoms with Crippen LogP contribution < -0.4 is 5.43 Å². The second kappa shape index (κ2) is 7.37. The molecule has 0 aliphatic heterocycles. The van der Waals surface area contributed by atoms with Crippen molar-refractivity contribution in [3.63, 3.8) is 0 Å². The molecule has 140 valence electrons. The van der Waals surface area contributed by atoms with Gasteiger partial charge in [-0.3, -0.25) is 9.59 Å². The topological polar surface area (TPSA) is 63.7 Å². The van der Waals surface area contributed by atoms with Gasteiger partial charge < -0.3 is 13.7 Å². The second-order valence-corrected chi connectivity index (χ2v) is 6.84. The fraction of sp³-hybridized carbons (Fsp3) is 0.0909. The summed E-state index contributed by atoms with van der Waals surface area (Å²) in [4.78, 5) is 26.3. The highest BCUT2D eigenvalue weighted by atomic mass is 35.5. The number of halogens is 1. The SMILES string of the molecule is CN(Cc1ccc(-c2ccc(Cl)cc2)o1)C(=O)c1cc(=O)c2ccccc2o1. The lowest BCUT2D eigenvalue weighted by Gasteiger charge is -2.15. The van der Waals surface area contributed by atoms with E-state index in [-0.39, 0.29) is 17.7 Å². The van der Waals surface area contributed by atoms with Gasteiger partial charge in [-0.25, -0.2) is 0 Å². The standard InChI is InChI=1S/C22H16ClNO4/c1-24(13-16-10-11-19(27-16)14-6-8-15(23)9-7-14)22(26)21-12-18(25)17-4-2-3-5-20(17)28-21/h2-12H,13H2,1H3. The Morgan fingerprint density at radius 3 is 2.54 bits per heavy atom. The van der Waals surface area contributed by atoms with Crippen LogP contribution in [-0.4, -0.2) is 17.9 Å². The molecule has 2 heterocycles. The minimum atomic E-state index is -0.396. The maximum absolute atomic E-state index is 12.7. The minimum absolute atomic E-state index is 0.00400. The van der Waals surface area contributed by atoms with Gasteiger partial charge in [0.2, 0.25) is 0 Å². The number of carbonyl (C=O) groups excluding carboxylic acids is 1. The zero-order valence-electron chi connectivity index (χ0n) is 15.0. The second-order valence-electron chi connectivity index (χ2n) is 6.41. The van der Waals surface area contributed by atoms with Crippen LogP contribution >= 0.6 is 11.6 Å². The van der Waals surface area contributed by atoms with Crippen molar-refractivity contribution in [1.82, 2.24) is 4.90 Å². The highest BCUT2D eigenvalue weighted by Crippen LogP contribution is 2.24. The van der Waals surface area contributed by atoms with E-state index in [0.717, 1.165) is 5.56 Å². The van der Waals surface area contributed by atoms with Gasteiger partial charge in [-0.1, -0.05) is 23.7 Å². The Balaban J connectivity index is 1.54. The lowest BCUT2D eigenvalue weighted by atomic mass is 10.2. The molecule has 4 rings (SSSR count). The molecule has 5 nitrogen and oxygen atoms in total. The maximum Gasteiger partial charge on any atom is 0.289 e. The first kappa shape index (κ1) is 18.1. The Kier molecular flexibility index (Phi) is 4.75. The summed E-state index contributed by atoms with van der Waals surface area (Å²) in [7, 11) is 1.63. The molecular weight excluding hydrogens is 378 g/mol. The van der Waals surface area contributed by atoms with Gasteiger partial charge in [-0.15, -0.1) is 0 Å². The molecule has 0 fully saturated rings. The van der Waals surface area contributed by atoms with Gasteiger partial charge >= 0.3 is 0 Å². The minimum Gasteiger partial charge on any atom is -0.459 e. The first-order valence-corrected chi connectivity index (χ1v) is 9.02. The summed E-state index contributed by atoms with van der Waals surface area (Å²) in [6.45, 7) is 0.239. The molecule has 0 radical (unpaired) electrons. The fourth-order valence-corrected chi connectivity index (χ4v) is 3.06. The number of nitrogens with zero attached hydrogens (tertiary/aromatic N) is 1. The van der Waals surface area contributed by atoms with Crippen LogP contribution in [0.25, 0.3) is 22.3 Å². The Labute approximate surface area is 165 Å². The van der Waals surface area contributed by atoms with Crippen LogP contribution in [0.2, 0.25) is 5.02 Å². The Hall–Kier alpha value is -3.31. The summed E-state index contributed by atoms with van der Waals surface area (Å²) in [6.07, 6.45) is 0. The fourth-order valence-electron chi connectivity index (χ4n) is 2.94. The maximum atomic E-state index is 12.7. The zero-order valence-corrected chi connectivity index (χ0v) is 15.8. The van der Waals surface area contributed by atoms with Gasteiger partial charge in [0.1, 0.15) is 17.1 Å². The van der Waals surface area contributed by atoms with E-state index in [1.165, 1.54) is 11.0 Å². The third kappa shape index (κ3) is 3.57. The van der Waals surface area contributed by atoms with E-state index in [1.54, 1.807) is 43.4 Å². The number of fused-ring (bicyclic) bond motifs is 1. The summed E-state index contributed by atoms with van der Waals surface area (Å²) in [6, 6.07) is 19.0. The van der Waals surface area contributed by atoms with E-state index in [1.807, 2.05) is 24.3 Å². The summed E-state index contributed by atoms with van der Waals surface area (Å²) >= 11 is 5.91. The van der Waals surface area contributed by atoms with Gasteiger partial charge in [-0.05, 0) is 48.5 Å². The number of hydrogen-bond acceptors (Lipinski definition) is 4. The third-order valence-corrected chi connectivity index (χ3v) is 4.63. The van der Waals surface area contributed by atoms with Crippen molar-refractivity contribution in [3.8, 4) is 11.3 Å². The van der Waals surface area contributed by atoms with Gasteiger partial charge in [0.05, 0.1) is 11.9 Å². The van der Waals surface area contributed by atoms with Crippen LogP contribution in [0.3, 0.4) is 0 Å². The van der Waals surface area contributed by atoms with Gasteiger partial charge in [0.25, 0.3) is 5.91 Å². The molecule has 0 aliphatic rings. The van der Waals surface area contributed by atoms with Crippen LogP contribution in [0.1, 0.15) is 16.3 Å². The van der Waals surface area contributed by atoms with Gasteiger partial charge in [0.15, 0.2) is 11.2 Å². The molecule has 0 N–H and O–H groups in total. The molecule has 0 unspecified atom stereocenters. The first-order chi connectivity index (χ1) is 13.5. The smallest absolute Gasteiger partial charge is 0.289 e. The molecule has 6 heteroatoms. The van der Waals surface area contributed by atoms with Crippen LogP contribution in [0.4, 0.5) is 0 Å². The first-order valence-electron chi connectivity index (χ1n) is 8.64. The number of hydrogen-bond donors (Lipinski definition) is 0. The summed E-state index contributed by atoms with van der Waals surface area (Å²) in [5, 5.41) is 1.10. The molecule has 0 saturated heterocycles. The van der Waals surface area contributed by atoms with Crippen LogP contribution in [0.5, 0.6) is 0 Å². The van der Waals surface area contributed by atoms with Crippen molar-refractivity contribution in [2.24, 2.45) is 0 Å². The molecule has 0 aliphatic carbocycles. The molecule has 4 aromatic rings. The predicted molar refractivity (Wildman–Crippen MR) is 107 cm³/mol. The number of amides is 1. The molecule has 0 saturated carbocycles. The molecule has 0 spiro atoms. The summed E-state index contributed by atoms with van der Waals surface area (Å²) < 4.78 is 11.4. The molecule has 28 heavy (non-hydrogen) atoms. The summed E-state index contributed by atoms with van der Waals surface area (Å²) in [5.74, 6) is 0.900. The molecule has 1 amide bonds. The Morgan fingerprint density at radius 2 is 1.75 bits per heavy atom. The molecule has 0 atom stereocenters. The number of rotatable bonds is 4. The van der Waals surface area contributed by atoms with Crippen molar-refractivity contribution in [2.75, 3.05) is 7.05 Å². The van der Waals surface area contributed by atoms with E-state index >= 15 is 0 Å². The molecule has 0 bridgehead atoms. The lowest BCUT2D eigenvalue weighted by molar-refractivity contribution is 0.0744. The van der Waals surface area contributed by atoms with Crippen molar-refractivity contribution < 1.29 is 13.6 Å². The van der Waals surface area contributed by atoms with E-state index in [4.69, 9.17) is 20.4 Å². The normalized spacial score (nSPS) is 10.9. The highest BCUT2D eigenvalue weighted by molar-refractivity contribution is 6.30. The van der Waals surface area contributed by atoms with E-state index in [2.05, 4.69) is 0 Å². The molecule has 2 aromatic heterocycles. The van der Waals surface area contributed by atoms with Crippen LogP contribution in [0.15, 0.2) is 80.4 Å². The number of furan rings is 1. The van der Waals surface area contributed by atoms with E-state index in [0.29, 0.717) is 27.5 Å². The average Bonchev–Trinajstić information content (AvgIpc) is 3.16.